The van der Waals surface area contributed by atoms with Crippen molar-refractivity contribution in [1.29, 1.82) is 0 Å². The minimum Gasteiger partial charge on any atom is -0.480 e. The van der Waals surface area contributed by atoms with Crippen LogP contribution in [-0.2, 0) is 4.79 Å². The van der Waals surface area contributed by atoms with Gasteiger partial charge in [0.25, 0.3) is 0 Å². The van der Waals surface area contributed by atoms with E-state index in [1.54, 1.807) is 0 Å². The van der Waals surface area contributed by atoms with Crippen molar-refractivity contribution in [3.05, 3.63) is 0 Å². The van der Waals surface area contributed by atoms with Gasteiger partial charge < -0.3 is 25.5 Å². The van der Waals surface area contributed by atoms with Gasteiger partial charge >= 0.3 is 12.0 Å². The van der Waals surface area contributed by atoms with Crippen molar-refractivity contribution >= 4 is 12.0 Å². The zero-order valence-electron chi connectivity index (χ0n) is 11.6. The van der Waals surface area contributed by atoms with Gasteiger partial charge in [-0.1, -0.05) is 19.3 Å². The lowest BCUT2D eigenvalue weighted by molar-refractivity contribution is -0.139. The SMILES string of the molecule is O=C(O)C(CCO)NC(=O)N(CCO)C1CCCCC1. The zero-order chi connectivity index (χ0) is 15.0. The summed E-state index contributed by atoms with van der Waals surface area (Å²) in [6, 6.07) is -1.52. The van der Waals surface area contributed by atoms with Crippen LogP contribution in [0.4, 0.5) is 4.79 Å². The van der Waals surface area contributed by atoms with Crippen LogP contribution < -0.4 is 5.32 Å². The van der Waals surface area contributed by atoms with Gasteiger partial charge in [0.05, 0.1) is 6.61 Å². The number of carboxylic acid groups (broad SMARTS) is 1. The highest BCUT2D eigenvalue weighted by Gasteiger charge is 2.28. The van der Waals surface area contributed by atoms with Crippen LogP contribution in [0.2, 0.25) is 0 Å². The highest BCUT2D eigenvalue weighted by atomic mass is 16.4. The normalized spacial score (nSPS) is 17.5. The number of carbonyl (C=O) groups excluding carboxylic acids is 1. The highest BCUT2D eigenvalue weighted by molar-refractivity contribution is 5.82. The van der Waals surface area contributed by atoms with E-state index in [-0.39, 0.29) is 32.2 Å². The van der Waals surface area contributed by atoms with E-state index in [0.717, 1.165) is 32.1 Å². The molecular formula is C13H24N2O5. The third kappa shape index (κ3) is 4.97. The Hall–Kier alpha value is -1.34. The molecule has 0 bridgehead atoms. The van der Waals surface area contributed by atoms with Gasteiger partial charge in [-0.3, -0.25) is 0 Å². The molecule has 4 N–H and O–H groups in total. The van der Waals surface area contributed by atoms with Crippen LogP contribution >= 0.6 is 0 Å². The van der Waals surface area contributed by atoms with Crippen molar-refractivity contribution in [2.45, 2.75) is 50.6 Å². The summed E-state index contributed by atoms with van der Waals surface area (Å²) in [7, 11) is 0. The lowest BCUT2D eigenvalue weighted by atomic mass is 9.94. The maximum atomic E-state index is 12.2. The summed E-state index contributed by atoms with van der Waals surface area (Å²) in [4.78, 5) is 24.7. The smallest absolute Gasteiger partial charge is 0.326 e. The van der Waals surface area contributed by atoms with Crippen molar-refractivity contribution in [2.24, 2.45) is 0 Å². The number of hydrogen-bond donors (Lipinski definition) is 4. The quantitative estimate of drug-likeness (QED) is 0.533. The first-order chi connectivity index (χ1) is 9.60. The van der Waals surface area contributed by atoms with E-state index in [4.69, 9.17) is 15.3 Å². The van der Waals surface area contributed by atoms with Gasteiger partial charge in [0.15, 0.2) is 0 Å². The third-order valence-electron chi connectivity index (χ3n) is 3.63. The van der Waals surface area contributed by atoms with Crippen molar-refractivity contribution < 1.29 is 24.9 Å². The molecule has 20 heavy (non-hydrogen) atoms. The van der Waals surface area contributed by atoms with E-state index in [0.29, 0.717) is 0 Å². The number of urea groups is 1. The van der Waals surface area contributed by atoms with E-state index in [1.165, 1.54) is 4.90 Å². The van der Waals surface area contributed by atoms with Crippen LogP contribution in [0.25, 0.3) is 0 Å². The monoisotopic (exact) mass is 288 g/mol. The largest absolute Gasteiger partial charge is 0.480 e. The molecule has 1 rings (SSSR count). The summed E-state index contributed by atoms with van der Waals surface area (Å²) in [5.74, 6) is -1.17. The predicted molar refractivity (Wildman–Crippen MR) is 72.3 cm³/mol. The fraction of sp³-hybridized carbons (Fsp3) is 0.846. The zero-order valence-corrected chi connectivity index (χ0v) is 11.6. The number of nitrogens with zero attached hydrogens (tertiary/aromatic N) is 1. The summed E-state index contributed by atoms with van der Waals surface area (Å²) in [5.41, 5.74) is 0. The molecule has 1 atom stereocenters. The molecule has 1 fully saturated rings. The summed E-state index contributed by atoms with van der Waals surface area (Å²) in [6.07, 6.45) is 4.96. The molecule has 1 unspecified atom stereocenters. The van der Waals surface area contributed by atoms with Crippen LogP contribution in [0.15, 0.2) is 0 Å². The molecular weight excluding hydrogens is 264 g/mol. The summed E-state index contributed by atoms with van der Waals surface area (Å²) in [6.45, 7) is -0.260. The molecule has 0 aromatic heterocycles. The van der Waals surface area contributed by atoms with Crippen molar-refractivity contribution in [3.8, 4) is 0 Å². The average molecular weight is 288 g/mol. The van der Waals surface area contributed by atoms with E-state index in [2.05, 4.69) is 5.32 Å². The first-order valence-corrected chi connectivity index (χ1v) is 7.11. The second kappa shape index (κ2) is 8.76. The summed E-state index contributed by atoms with van der Waals surface area (Å²) < 4.78 is 0. The first-order valence-electron chi connectivity index (χ1n) is 7.11. The number of aliphatic hydroxyl groups excluding tert-OH is 2. The van der Waals surface area contributed by atoms with E-state index < -0.39 is 18.0 Å². The van der Waals surface area contributed by atoms with Crippen LogP contribution in [0.1, 0.15) is 38.5 Å². The maximum Gasteiger partial charge on any atom is 0.326 e. The molecule has 7 nitrogen and oxygen atoms in total. The molecule has 0 saturated heterocycles. The number of carbonyl (C=O) groups is 2. The molecule has 0 spiro atoms. The Balaban J connectivity index is 2.64. The number of amides is 2. The molecule has 7 heteroatoms. The van der Waals surface area contributed by atoms with Crippen molar-refractivity contribution in [2.75, 3.05) is 19.8 Å². The predicted octanol–water partition coefficient (Wildman–Crippen LogP) is 0.159. The maximum absolute atomic E-state index is 12.2. The highest BCUT2D eigenvalue weighted by Crippen LogP contribution is 2.22. The Morgan fingerprint density at radius 3 is 2.30 bits per heavy atom. The number of aliphatic hydroxyl groups is 2. The average Bonchev–Trinajstić information content (AvgIpc) is 2.45. The van der Waals surface area contributed by atoms with Gasteiger partial charge in [0.2, 0.25) is 0 Å². The number of aliphatic carboxylic acids is 1. The first kappa shape index (κ1) is 16.7. The van der Waals surface area contributed by atoms with Gasteiger partial charge in [0.1, 0.15) is 6.04 Å². The van der Waals surface area contributed by atoms with Crippen molar-refractivity contribution in [3.63, 3.8) is 0 Å². The molecule has 0 radical (unpaired) electrons. The van der Waals surface area contributed by atoms with Gasteiger partial charge in [0, 0.05) is 25.6 Å². The van der Waals surface area contributed by atoms with E-state index in [9.17, 15) is 9.59 Å². The fourth-order valence-electron chi connectivity index (χ4n) is 2.57. The summed E-state index contributed by atoms with van der Waals surface area (Å²) >= 11 is 0. The molecule has 1 saturated carbocycles. The lowest BCUT2D eigenvalue weighted by Gasteiger charge is -2.34. The van der Waals surface area contributed by atoms with Gasteiger partial charge in [-0.05, 0) is 12.8 Å². The van der Waals surface area contributed by atoms with Crippen LogP contribution in [0.5, 0.6) is 0 Å². The Kier molecular flexibility index (Phi) is 7.32. The van der Waals surface area contributed by atoms with Crippen LogP contribution in [0, 0.1) is 0 Å². The Labute approximate surface area is 118 Å². The Morgan fingerprint density at radius 2 is 1.80 bits per heavy atom. The second-order valence-corrected chi connectivity index (χ2v) is 5.06. The van der Waals surface area contributed by atoms with Crippen molar-refractivity contribution in [1.82, 2.24) is 10.2 Å². The minimum atomic E-state index is -1.17. The summed E-state index contributed by atoms with van der Waals surface area (Å²) in [5, 5.41) is 29.3. The van der Waals surface area contributed by atoms with Gasteiger partial charge in [-0.15, -0.1) is 0 Å². The number of carboxylic acids is 1. The molecule has 1 aliphatic rings. The second-order valence-electron chi connectivity index (χ2n) is 5.06. The van der Waals surface area contributed by atoms with Crippen LogP contribution in [0.3, 0.4) is 0 Å². The molecule has 1 aliphatic carbocycles. The lowest BCUT2D eigenvalue weighted by Crippen LogP contribution is -2.52. The Morgan fingerprint density at radius 1 is 1.15 bits per heavy atom. The van der Waals surface area contributed by atoms with Gasteiger partial charge in [-0.25, -0.2) is 9.59 Å². The molecule has 0 aromatic carbocycles. The van der Waals surface area contributed by atoms with Gasteiger partial charge in [-0.2, -0.15) is 0 Å². The number of rotatable bonds is 7. The number of hydrogen-bond acceptors (Lipinski definition) is 4. The minimum absolute atomic E-state index is 0.0291. The number of nitrogens with one attached hydrogen (secondary N) is 1. The molecule has 0 heterocycles. The van der Waals surface area contributed by atoms with E-state index in [1.807, 2.05) is 0 Å². The fourth-order valence-corrected chi connectivity index (χ4v) is 2.57. The molecule has 0 aromatic rings. The third-order valence-corrected chi connectivity index (χ3v) is 3.63. The Bertz CT molecular complexity index is 318. The van der Waals surface area contributed by atoms with E-state index >= 15 is 0 Å². The van der Waals surface area contributed by atoms with Crippen LogP contribution in [-0.4, -0.2) is 64.1 Å². The topological polar surface area (TPSA) is 110 Å². The molecule has 0 aliphatic heterocycles. The standard InChI is InChI=1S/C13H24N2O5/c16-8-6-11(12(18)19)14-13(20)15(7-9-17)10-4-2-1-3-5-10/h10-11,16-17H,1-9H2,(H,14,20)(H,18,19). The molecule has 116 valence electrons. The molecule has 2 amide bonds.